The van der Waals surface area contributed by atoms with Crippen LogP contribution in [0.1, 0.15) is 48.9 Å². The average Bonchev–Trinajstić information content (AvgIpc) is 2.51. The van der Waals surface area contributed by atoms with Gasteiger partial charge in [-0.05, 0) is 62.3 Å². The van der Waals surface area contributed by atoms with E-state index in [1.165, 1.54) is 37.6 Å². The number of pyridine rings is 1. The molecule has 3 N–H and O–H groups in total. The van der Waals surface area contributed by atoms with Gasteiger partial charge in [-0.2, -0.15) is 0 Å². The van der Waals surface area contributed by atoms with Crippen LogP contribution in [0.25, 0.3) is 0 Å². The second kappa shape index (κ2) is 5.22. The minimum Gasteiger partial charge on any atom is -0.328 e. The molecule has 1 aromatic heterocycles. The van der Waals surface area contributed by atoms with E-state index in [4.69, 9.17) is 0 Å². The molecule has 5 rings (SSSR count). The lowest BCUT2D eigenvalue weighted by Gasteiger charge is -2.55. The molecule has 0 aliphatic heterocycles. The molecule has 6 nitrogen and oxygen atoms in total. The molecule has 4 bridgehead atoms. The molecule has 122 valence electrons. The van der Waals surface area contributed by atoms with Crippen LogP contribution in [0.2, 0.25) is 0 Å². The summed E-state index contributed by atoms with van der Waals surface area (Å²) >= 11 is 0. The number of amides is 2. The zero-order valence-electron chi connectivity index (χ0n) is 12.9. The summed E-state index contributed by atoms with van der Waals surface area (Å²) in [6.45, 7) is 0. The largest absolute Gasteiger partial charge is 0.328 e. The van der Waals surface area contributed by atoms with Crippen molar-refractivity contribution < 1.29 is 9.59 Å². The molecule has 0 saturated heterocycles. The van der Waals surface area contributed by atoms with Gasteiger partial charge in [0.25, 0.3) is 5.91 Å². The molecular formula is C17H21N3O3. The molecular weight excluding hydrogens is 294 g/mol. The van der Waals surface area contributed by atoms with Crippen molar-refractivity contribution >= 4 is 11.8 Å². The monoisotopic (exact) mass is 315 g/mol. The molecule has 0 aromatic carbocycles. The fourth-order valence-electron chi connectivity index (χ4n) is 5.26. The highest BCUT2D eigenvalue weighted by molar-refractivity contribution is 5.95. The minimum absolute atomic E-state index is 0.0469. The quantitative estimate of drug-likeness (QED) is 0.720. The van der Waals surface area contributed by atoms with Crippen LogP contribution in [0.3, 0.4) is 0 Å². The number of carbonyl (C=O) groups excluding carboxylic acids is 2. The second-order valence-corrected chi connectivity index (χ2v) is 7.55. The number of aromatic amines is 1. The fraction of sp³-hybridized carbons (Fsp3) is 0.588. The maximum absolute atomic E-state index is 12.7. The van der Waals surface area contributed by atoms with E-state index in [9.17, 15) is 14.4 Å². The number of H-pyrrole nitrogens is 1. The van der Waals surface area contributed by atoms with Crippen LogP contribution in [-0.2, 0) is 4.79 Å². The Morgan fingerprint density at radius 2 is 1.61 bits per heavy atom. The third-order valence-electron chi connectivity index (χ3n) is 5.86. The van der Waals surface area contributed by atoms with Crippen molar-refractivity contribution in [2.45, 2.75) is 38.5 Å². The van der Waals surface area contributed by atoms with Crippen molar-refractivity contribution in [2.75, 3.05) is 0 Å². The maximum Gasteiger partial charge on any atom is 0.271 e. The molecule has 0 spiro atoms. The van der Waals surface area contributed by atoms with Gasteiger partial charge in [-0.15, -0.1) is 0 Å². The number of hydrogen-bond donors (Lipinski definition) is 3. The first-order chi connectivity index (χ1) is 11.0. The van der Waals surface area contributed by atoms with Crippen LogP contribution in [-0.4, -0.2) is 16.8 Å². The normalized spacial score (nSPS) is 34.2. The average molecular weight is 315 g/mol. The topological polar surface area (TPSA) is 91.1 Å². The molecule has 2 amide bonds. The zero-order chi connectivity index (χ0) is 16.0. The van der Waals surface area contributed by atoms with E-state index in [2.05, 4.69) is 15.8 Å². The third kappa shape index (κ3) is 2.56. The Morgan fingerprint density at radius 3 is 2.13 bits per heavy atom. The van der Waals surface area contributed by atoms with E-state index in [-0.39, 0.29) is 16.9 Å². The molecule has 1 aromatic rings. The Bertz CT molecular complexity index is 654. The van der Waals surface area contributed by atoms with E-state index in [0.29, 0.717) is 23.3 Å². The summed E-state index contributed by atoms with van der Waals surface area (Å²) in [5.41, 5.74) is 4.87. The zero-order valence-corrected chi connectivity index (χ0v) is 12.9. The molecule has 23 heavy (non-hydrogen) atoms. The van der Waals surface area contributed by atoms with Crippen molar-refractivity contribution in [1.82, 2.24) is 15.8 Å². The van der Waals surface area contributed by atoms with Crippen molar-refractivity contribution in [2.24, 2.45) is 23.2 Å². The Kier molecular flexibility index (Phi) is 3.28. The van der Waals surface area contributed by atoms with Crippen molar-refractivity contribution in [3.63, 3.8) is 0 Å². The van der Waals surface area contributed by atoms with E-state index in [1.807, 2.05) is 0 Å². The predicted molar refractivity (Wildman–Crippen MR) is 83.3 cm³/mol. The number of hydrogen-bond acceptors (Lipinski definition) is 3. The smallest absolute Gasteiger partial charge is 0.271 e. The molecule has 6 heteroatoms. The van der Waals surface area contributed by atoms with Crippen LogP contribution >= 0.6 is 0 Å². The molecule has 0 radical (unpaired) electrons. The number of nitrogens with one attached hydrogen (secondary N) is 3. The first kappa shape index (κ1) is 14.5. The summed E-state index contributed by atoms with van der Waals surface area (Å²) in [5, 5.41) is 0. The summed E-state index contributed by atoms with van der Waals surface area (Å²) in [4.78, 5) is 38.2. The lowest BCUT2D eigenvalue weighted by atomic mass is 9.49. The van der Waals surface area contributed by atoms with Crippen LogP contribution in [0.15, 0.2) is 23.1 Å². The molecule has 4 aliphatic rings. The van der Waals surface area contributed by atoms with Gasteiger partial charge in [0.1, 0.15) is 0 Å². The summed E-state index contributed by atoms with van der Waals surface area (Å²) in [7, 11) is 0. The van der Waals surface area contributed by atoms with E-state index in [1.54, 1.807) is 0 Å². The fourth-order valence-corrected chi connectivity index (χ4v) is 5.26. The van der Waals surface area contributed by atoms with Gasteiger partial charge in [0.15, 0.2) is 0 Å². The number of rotatable bonds is 2. The predicted octanol–water partition coefficient (Wildman–Crippen LogP) is 1.35. The van der Waals surface area contributed by atoms with Gasteiger partial charge in [0.2, 0.25) is 11.5 Å². The SMILES string of the molecule is O=C(NNC(=O)C12CC3CC(CC(C3)C1)C2)c1ccc(=O)[nH]c1. The van der Waals surface area contributed by atoms with Gasteiger partial charge >= 0.3 is 0 Å². The van der Waals surface area contributed by atoms with Crippen LogP contribution in [0.4, 0.5) is 0 Å². The first-order valence-corrected chi connectivity index (χ1v) is 8.34. The number of hydrazine groups is 1. The lowest BCUT2D eigenvalue weighted by molar-refractivity contribution is -0.147. The summed E-state index contributed by atoms with van der Waals surface area (Å²) in [6.07, 6.45) is 8.04. The van der Waals surface area contributed by atoms with Gasteiger partial charge in [0.05, 0.1) is 11.0 Å². The van der Waals surface area contributed by atoms with Crippen molar-refractivity contribution in [3.8, 4) is 0 Å². The van der Waals surface area contributed by atoms with E-state index in [0.717, 1.165) is 19.3 Å². The van der Waals surface area contributed by atoms with Crippen LogP contribution in [0, 0.1) is 23.2 Å². The molecule has 4 aliphatic carbocycles. The third-order valence-corrected chi connectivity index (χ3v) is 5.86. The Labute approximate surface area is 134 Å². The highest BCUT2D eigenvalue weighted by atomic mass is 16.2. The molecule has 0 unspecified atom stereocenters. The van der Waals surface area contributed by atoms with Gasteiger partial charge in [0, 0.05) is 12.3 Å². The number of carbonyl (C=O) groups is 2. The van der Waals surface area contributed by atoms with E-state index < -0.39 is 5.91 Å². The molecule has 4 fully saturated rings. The standard InChI is InChI=1S/C17H21N3O3/c21-14-2-1-13(9-18-14)15(22)19-20-16(23)17-6-10-3-11(7-17)5-12(4-10)8-17/h1-2,9-12H,3-8H2,(H,18,21)(H,19,22)(H,20,23). The van der Waals surface area contributed by atoms with Gasteiger partial charge in [-0.25, -0.2) is 0 Å². The molecule has 4 saturated carbocycles. The van der Waals surface area contributed by atoms with Crippen molar-refractivity contribution in [3.05, 3.63) is 34.2 Å². The van der Waals surface area contributed by atoms with Crippen LogP contribution in [0.5, 0.6) is 0 Å². The summed E-state index contributed by atoms with van der Waals surface area (Å²) in [6, 6.07) is 2.72. The van der Waals surface area contributed by atoms with Gasteiger partial charge < -0.3 is 4.98 Å². The Hall–Kier alpha value is -2.11. The van der Waals surface area contributed by atoms with E-state index >= 15 is 0 Å². The molecule has 1 heterocycles. The summed E-state index contributed by atoms with van der Waals surface area (Å²) in [5.74, 6) is 1.58. The highest BCUT2D eigenvalue weighted by Gasteiger charge is 2.54. The highest BCUT2D eigenvalue weighted by Crippen LogP contribution is 2.59. The Morgan fingerprint density at radius 1 is 1.00 bits per heavy atom. The molecule has 0 atom stereocenters. The lowest BCUT2D eigenvalue weighted by Crippen LogP contribution is -2.56. The van der Waals surface area contributed by atoms with Crippen molar-refractivity contribution in [1.29, 1.82) is 0 Å². The van der Waals surface area contributed by atoms with Crippen LogP contribution < -0.4 is 16.4 Å². The van der Waals surface area contributed by atoms with Gasteiger partial charge in [-0.1, -0.05) is 0 Å². The number of aromatic nitrogens is 1. The minimum atomic E-state index is -0.417. The Balaban J connectivity index is 1.41. The second-order valence-electron chi connectivity index (χ2n) is 7.55. The maximum atomic E-state index is 12.7. The summed E-state index contributed by atoms with van der Waals surface area (Å²) < 4.78 is 0. The van der Waals surface area contributed by atoms with Gasteiger partial charge in [-0.3, -0.25) is 25.2 Å². The first-order valence-electron chi connectivity index (χ1n) is 8.34.